The van der Waals surface area contributed by atoms with Gasteiger partial charge in [0.2, 0.25) is 11.8 Å². The Kier molecular flexibility index (Phi) is 6.47. The van der Waals surface area contributed by atoms with Gasteiger partial charge in [-0.3, -0.25) is 19.3 Å². The van der Waals surface area contributed by atoms with Crippen LogP contribution in [0.15, 0.2) is 48.5 Å². The van der Waals surface area contributed by atoms with Crippen LogP contribution in [-0.2, 0) is 14.4 Å². The highest BCUT2D eigenvalue weighted by atomic mass is 19.1. The molecule has 0 radical (unpaired) electrons. The summed E-state index contributed by atoms with van der Waals surface area (Å²) in [5.74, 6) is -2.47. The highest BCUT2D eigenvalue weighted by Crippen LogP contribution is 2.36. The Morgan fingerprint density at radius 3 is 2.50 bits per heavy atom. The molecule has 1 heterocycles. The summed E-state index contributed by atoms with van der Waals surface area (Å²) in [6, 6.07) is 11.5. The highest BCUT2D eigenvalue weighted by molar-refractivity contribution is 5.93. The molecule has 1 aliphatic rings. The predicted molar refractivity (Wildman–Crippen MR) is 109 cm³/mol. The third-order valence-electron chi connectivity index (χ3n) is 5.15. The number of carboxylic acids is 1. The maximum Gasteiger partial charge on any atom is 0.321 e. The monoisotopic (exact) mass is 413 g/mol. The Bertz CT molecular complexity index is 951. The van der Waals surface area contributed by atoms with Gasteiger partial charge in [-0.2, -0.15) is 0 Å². The summed E-state index contributed by atoms with van der Waals surface area (Å²) >= 11 is 0. The Balaban J connectivity index is 1.89. The molecule has 0 bridgehead atoms. The Morgan fingerprint density at radius 1 is 1.17 bits per heavy atom. The lowest BCUT2D eigenvalue weighted by molar-refractivity contribution is -0.143. The molecule has 0 unspecified atom stereocenters. The van der Waals surface area contributed by atoms with Gasteiger partial charge in [-0.15, -0.1) is 0 Å². The molecule has 30 heavy (non-hydrogen) atoms. The number of likely N-dealkylation sites (tertiary alicyclic amines) is 1. The normalized spacial score (nSPS) is 21.2. The first kappa shape index (κ1) is 21.4. The van der Waals surface area contributed by atoms with Gasteiger partial charge in [-0.1, -0.05) is 36.4 Å². The molecule has 0 aromatic heterocycles. The summed E-state index contributed by atoms with van der Waals surface area (Å²) < 4.78 is 14.0. The van der Waals surface area contributed by atoms with Crippen molar-refractivity contribution in [2.45, 2.75) is 38.4 Å². The number of aliphatic carboxylic acids is 1. The van der Waals surface area contributed by atoms with Crippen molar-refractivity contribution in [3.63, 3.8) is 0 Å². The number of hydrogen-bond donors (Lipinski definition) is 3. The first-order valence-corrected chi connectivity index (χ1v) is 9.63. The molecule has 1 aliphatic heterocycles. The van der Waals surface area contributed by atoms with Crippen LogP contribution in [-0.4, -0.2) is 46.4 Å². The number of carbonyl (C=O) groups is 3. The van der Waals surface area contributed by atoms with Gasteiger partial charge in [0, 0.05) is 6.92 Å². The minimum Gasteiger partial charge on any atom is -0.480 e. The molecule has 2 amide bonds. The zero-order valence-electron chi connectivity index (χ0n) is 16.8. The van der Waals surface area contributed by atoms with Gasteiger partial charge in [0.15, 0.2) is 0 Å². The Morgan fingerprint density at radius 2 is 1.87 bits per heavy atom. The van der Waals surface area contributed by atoms with Crippen LogP contribution in [0.5, 0.6) is 0 Å². The van der Waals surface area contributed by atoms with Crippen LogP contribution in [0.4, 0.5) is 10.1 Å². The van der Waals surface area contributed by atoms with Crippen molar-refractivity contribution in [1.82, 2.24) is 10.2 Å². The number of rotatable bonds is 6. The molecule has 8 heteroatoms. The van der Waals surface area contributed by atoms with E-state index in [2.05, 4.69) is 10.6 Å². The molecule has 1 saturated heterocycles. The topological polar surface area (TPSA) is 98.7 Å². The van der Waals surface area contributed by atoms with Gasteiger partial charge in [-0.05, 0) is 36.6 Å². The minimum atomic E-state index is -1.08. The summed E-state index contributed by atoms with van der Waals surface area (Å²) in [5, 5.41) is 15.1. The number of anilines is 1. The van der Waals surface area contributed by atoms with Gasteiger partial charge < -0.3 is 15.7 Å². The molecule has 2 aromatic carbocycles. The number of benzene rings is 2. The molecule has 1 fully saturated rings. The molecule has 3 rings (SSSR count). The van der Waals surface area contributed by atoms with Crippen molar-refractivity contribution >= 4 is 23.5 Å². The van der Waals surface area contributed by atoms with Gasteiger partial charge >= 0.3 is 5.97 Å². The van der Waals surface area contributed by atoms with E-state index >= 15 is 0 Å². The molecule has 0 spiro atoms. The van der Waals surface area contributed by atoms with E-state index in [0.29, 0.717) is 0 Å². The zero-order valence-corrected chi connectivity index (χ0v) is 16.8. The van der Waals surface area contributed by atoms with Crippen LogP contribution in [0.25, 0.3) is 0 Å². The second kappa shape index (κ2) is 9.04. The molecular formula is C22H24FN3O4. The largest absolute Gasteiger partial charge is 0.480 e. The molecule has 2 aromatic rings. The summed E-state index contributed by atoms with van der Waals surface area (Å²) in [7, 11) is 0. The van der Waals surface area contributed by atoms with Crippen LogP contribution >= 0.6 is 0 Å². The molecule has 3 N–H and O–H groups in total. The van der Waals surface area contributed by atoms with E-state index in [4.69, 9.17) is 0 Å². The molecule has 0 aliphatic carbocycles. The number of nitrogens with zero attached hydrogens (tertiary/aromatic N) is 1. The van der Waals surface area contributed by atoms with Gasteiger partial charge in [0.1, 0.15) is 11.9 Å². The first-order chi connectivity index (χ1) is 14.3. The van der Waals surface area contributed by atoms with E-state index in [-0.39, 0.29) is 24.6 Å². The number of amides is 2. The van der Waals surface area contributed by atoms with Crippen molar-refractivity contribution in [2.24, 2.45) is 0 Å². The molecule has 3 atom stereocenters. The SMILES string of the molecule is CC(=O)N[C@H]1C[C@@H](C(=O)O)N(CC(=O)Nc2cc(C)ccc2F)[C@H]1c1ccccc1. The second-order valence-corrected chi connectivity index (χ2v) is 7.46. The zero-order chi connectivity index (χ0) is 21.8. The van der Waals surface area contributed by atoms with Crippen LogP contribution in [0.1, 0.15) is 30.5 Å². The standard InChI is InChI=1S/C22H24FN3O4/c1-13-8-9-16(23)17(10-13)25-20(28)12-26-19(22(29)30)11-18(24-14(2)27)21(26)15-6-4-3-5-7-15/h3-10,18-19,21H,11-12H2,1-2H3,(H,24,27)(H,25,28)(H,29,30)/t18-,19-,21-/m0/s1. The van der Waals surface area contributed by atoms with Gasteiger partial charge in [-0.25, -0.2) is 4.39 Å². The van der Waals surface area contributed by atoms with Crippen molar-refractivity contribution in [1.29, 1.82) is 0 Å². The van der Waals surface area contributed by atoms with E-state index in [9.17, 15) is 23.9 Å². The number of aryl methyl sites for hydroxylation is 1. The maximum atomic E-state index is 14.0. The van der Waals surface area contributed by atoms with Crippen LogP contribution < -0.4 is 10.6 Å². The van der Waals surface area contributed by atoms with E-state index < -0.39 is 35.8 Å². The fourth-order valence-corrected chi connectivity index (χ4v) is 3.94. The van der Waals surface area contributed by atoms with Crippen molar-refractivity contribution in [3.8, 4) is 0 Å². The average Bonchev–Trinajstić information content (AvgIpc) is 3.02. The number of carbonyl (C=O) groups excluding carboxylic acids is 2. The third kappa shape index (κ3) is 4.83. The van der Waals surface area contributed by atoms with Crippen molar-refractivity contribution in [3.05, 3.63) is 65.5 Å². The summed E-state index contributed by atoms with van der Waals surface area (Å²) in [6.07, 6.45) is 0.153. The number of nitrogens with one attached hydrogen (secondary N) is 2. The Hall–Kier alpha value is -3.26. The van der Waals surface area contributed by atoms with E-state index in [0.717, 1.165) is 11.1 Å². The lowest BCUT2D eigenvalue weighted by atomic mass is 9.99. The average molecular weight is 413 g/mol. The lowest BCUT2D eigenvalue weighted by Gasteiger charge is -2.30. The quantitative estimate of drug-likeness (QED) is 0.676. The Labute approximate surface area is 173 Å². The maximum absolute atomic E-state index is 14.0. The van der Waals surface area contributed by atoms with Crippen molar-refractivity contribution in [2.75, 3.05) is 11.9 Å². The number of carboxylic acid groups (broad SMARTS) is 1. The fourth-order valence-electron chi connectivity index (χ4n) is 3.94. The van der Waals surface area contributed by atoms with Crippen LogP contribution in [0.2, 0.25) is 0 Å². The van der Waals surface area contributed by atoms with E-state index in [1.165, 1.54) is 19.1 Å². The van der Waals surface area contributed by atoms with E-state index in [1.54, 1.807) is 17.9 Å². The fraction of sp³-hybridized carbons (Fsp3) is 0.318. The molecule has 7 nitrogen and oxygen atoms in total. The number of hydrogen-bond acceptors (Lipinski definition) is 4. The van der Waals surface area contributed by atoms with Crippen molar-refractivity contribution < 1.29 is 23.9 Å². The second-order valence-electron chi connectivity index (χ2n) is 7.46. The van der Waals surface area contributed by atoms with Gasteiger partial charge in [0.05, 0.1) is 24.3 Å². The predicted octanol–water partition coefficient (Wildman–Crippen LogP) is 2.48. The summed E-state index contributed by atoms with van der Waals surface area (Å²) in [4.78, 5) is 37.9. The summed E-state index contributed by atoms with van der Waals surface area (Å²) in [6.45, 7) is 2.88. The van der Waals surface area contributed by atoms with Gasteiger partial charge in [0.25, 0.3) is 0 Å². The minimum absolute atomic E-state index is 0.0424. The third-order valence-corrected chi connectivity index (χ3v) is 5.15. The smallest absolute Gasteiger partial charge is 0.321 e. The molecule has 158 valence electrons. The van der Waals surface area contributed by atoms with E-state index in [1.807, 2.05) is 30.3 Å². The first-order valence-electron chi connectivity index (χ1n) is 9.63. The lowest BCUT2D eigenvalue weighted by Crippen LogP contribution is -2.44. The van der Waals surface area contributed by atoms with Crippen LogP contribution in [0, 0.1) is 12.7 Å². The molecular weight excluding hydrogens is 389 g/mol. The molecule has 0 saturated carbocycles. The highest BCUT2D eigenvalue weighted by Gasteiger charge is 2.46. The van der Waals surface area contributed by atoms with Crippen LogP contribution in [0.3, 0.4) is 0 Å². The summed E-state index contributed by atoms with van der Waals surface area (Å²) in [5.41, 5.74) is 1.61. The number of halogens is 1.